The van der Waals surface area contributed by atoms with Crippen LogP contribution in [0.3, 0.4) is 0 Å². The number of nitrogens with zero attached hydrogens (tertiary/aromatic N) is 3. The highest BCUT2D eigenvalue weighted by atomic mass is 16.5. The molecule has 1 aromatic carbocycles. The average Bonchev–Trinajstić information content (AvgIpc) is 3.50. The molecule has 230 valence electrons. The van der Waals surface area contributed by atoms with Crippen LogP contribution in [0.1, 0.15) is 23.2 Å². The van der Waals surface area contributed by atoms with Crippen LogP contribution in [0, 0.1) is 10.4 Å². The number of piperazine rings is 1. The van der Waals surface area contributed by atoms with Crippen molar-refractivity contribution in [3.63, 3.8) is 0 Å². The number of H-pyrrole nitrogens is 1. The number of phenols is 1. The molecular formula is C31H27N5O9. The van der Waals surface area contributed by atoms with Crippen LogP contribution in [0.25, 0.3) is 22.3 Å². The first kappa shape index (κ1) is 28.4. The number of fused-ring (bicyclic) bond motifs is 4. The van der Waals surface area contributed by atoms with Crippen molar-refractivity contribution >= 4 is 28.5 Å². The highest BCUT2D eigenvalue weighted by Gasteiger charge is 2.53. The van der Waals surface area contributed by atoms with Gasteiger partial charge in [-0.3, -0.25) is 24.0 Å². The predicted octanol–water partition coefficient (Wildman–Crippen LogP) is -2.40. The molecule has 0 radical (unpaired) electrons. The Kier molecular flexibility index (Phi) is 6.21. The van der Waals surface area contributed by atoms with Gasteiger partial charge in [-0.25, -0.2) is 10.5 Å². The molecule has 7 rings (SSSR count). The van der Waals surface area contributed by atoms with Crippen LogP contribution in [-0.2, 0) is 11.8 Å². The Morgan fingerprint density at radius 2 is 1.58 bits per heavy atom. The molecule has 14 heteroatoms. The summed E-state index contributed by atoms with van der Waals surface area (Å²) in [4.78, 5) is 71.1. The van der Waals surface area contributed by atoms with E-state index in [0.29, 0.717) is 16.6 Å². The van der Waals surface area contributed by atoms with Crippen LogP contribution < -0.4 is 48.0 Å². The van der Waals surface area contributed by atoms with Crippen LogP contribution in [0.15, 0.2) is 47.3 Å². The SMILES string of the molecule is COc1cc(=O)c2c(=O)c3c(c(=O)c=2c1=O)=C(O)C1(CCc2cc4cc(C=NNN5CCN(C)CC5)[nH]c(=O)c4c(O)c21)C=3O. The van der Waals surface area contributed by atoms with Gasteiger partial charge in [0.05, 0.1) is 45.3 Å². The zero-order chi connectivity index (χ0) is 31.9. The number of rotatable bonds is 4. The van der Waals surface area contributed by atoms with Gasteiger partial charge in [0.1, 0.15) is 22.7 Å². The minimum absolute atomic E-state index is 0.0463. The number of benzene rings is 1. The van der Waals surface area contributed by atoms with E-state index in [9.17, 15) is 39.3 Å². The molecule has 0 bridgehead atoms. The van der Waals surface area contributed by atoms with E-state index in [1.54, 1.807) is 12.1 Å². The number of hydrazone groups is 1. The molecule has 0 saturated carbocycles. The summed E-state index contributed by atoms with van der Waals surface area (Å²) in [6, 6.07) is 4.04. The van der Waals surface area contributed by atoms with Crippen molar-refractivity contribution in [3.8, 4) is 11.5 Å². The Balaban J connectivity index is 1.41. The number of nitrogens with one attached hydrogen (secondary N) is 2. The smallest absolute Gasteiger partial charge is 0.260 e. The summed E-state index contributed by atoms with van der Waals surface area (Å²) in [5.74, 6) is -2.49. The van der Waals surface area contributed by atoms with E-state index in [2.05, 4.69) is 20.5 Å². The van der Waals surface area contributed by atoms with Gasteiger partial charge in [0.2, 0.25) is 16.3 Å². The molecular weight excluding hydrogens is 586 g/mol. The number of aryl methyl sites for hydroxylation is 1. The monoisotopic (exact) mass is 613 g/mol. The molecule has 5 N–H and O–H groups in total. The maximum atomic E-state index is 13.6. The quantitative estimate of drug-likeness (QED) is 0.121. The molecule has 4 aliphatic carbocycles. The Bertz CT molecular complexity index is 2470. The van der Waals surface area contributed by atoms with E-state index in [4.69, 9.17) is 4.74 Å². The average molecular weight is 614 g/mol. The van der Waals surface area contributed by atoms with E-state index in [1.807, 2.05) is 12.1 Å². The molecule has 1 fully saturated rings. The largest absolute Gasteiger partial charge is 0.510 e. The molecule has 14 nitrogen and oxygen atoms in total. The van der Waals surface area contributed by atoms with Crippen LogP contribution in [0.5, 0.6) is 11.5 Å². The van der Waals surface area contributed by atoms with E-state index in [0.717, 1.165) is 39.4 Å². The summed E-state index contributed by atoms with van der Waals surface area (Å²) < 4.78 is 4.91. The molecule has 1 aromatic heterocycles. The summed E-state index contributed by atoms with van der Waals surface area (Å²) in [6.07, 6.45) is 1.54. The van der Waals surface area contributed by atoms with Crippen LogP contribution in [-0.4, -0.2) is 76.8 Å². The third-order valence-electron chi connectivity index (χ3n) is 9.18. The predicted molar refractivity (Wildman–Crippen MR) is 163 cm³/mol. The number of aromatic hydroxyl groups is 1. The van der Waals surface area contributed by atoms with Gasteiger partial charge < -0.3 is 29.9 Å². The first-order chi connectivity index (χ1) is 21.5. The third kappa shape index (κ3) is 3.82. The number of hydrogen-bond donors (Lipinski definition) is 5. The highest BCUT2D eigenvalue weighted by Crippen LogP contribution is 2.54. The van der Waals surface area contributed by atoms with Crippen molar-refractivity contribution in [1.29, 1.82) is 0 Å². The van der Waals surface area contributed by atoms with E-state index >= 15 is 0 Å². The molecule has 2 aromatic rings. The van der Waals surface area contributed by atoms with Gasteiger partial charge in [0.15, 0.2) is 11.2 Å². The summed E-state index contributed by atoms with van der Waals surface area (Å²) in [6.45, 7) is 3.29. The fourth-order valence-electron chi connectivity index (χ4n) is 6.92. The van der Waals surface area contributed by atoms with Crippen molar-refractivity contribution in [2.45, 2.75) is 18.3 Å². The number of aliphatic hydroxyl groups is 2. The number of hydrazine groups is 1. The second-order valence-electron chi connectivity index (χ2n) is 11.6. The van der Waals surface area contributed by atoms with Crippen molar-refractivity contribution in [3.05, 3.63) is 107 Å². The fourth-order valence-corrected chi connectivity index (χ4v) is 6.92. The van der Waals surface area contributed by atoms with Gasteiger partial charge in [-0.2, -0.15) is 5.10 Å². The van der Waals surface area contributed by atoms with E-state index in [-0.39, 0.29) is 23.8 Å². The number of hydrogen-bond acceptors (Lipinski definition) is 13. The number of aromatic nitrogens is 1. The summed E-state index contributed by atoms with van der Waals surface area (Å²) >= 11 is 0. The Morgan fingerprint density at radius 1 is 0.911 bits per heavy atom. The second-order valence-corrected chi connectivity index (χ2v) is 11.6. The molecule has 5 aliphatic rings. The number of methoxy groups -OCH3 is 1. The number of likely N-dealkylation sites (N-methyl/N-ethyl adjacent to an activating group) is 1. The molecule has 1 aliphatic heterocycles. The molecule has 1 atom stereocenters. The zero-order valence-corrected chi connectivity index (χ0v) is 24.2. The summed E-state index contributed by atoms with van der Waals surface area (Å²) in [5, 5.41) is 38.3. The van der Waals surface area contributed by atoms with Crippen molar-refractivity contribution < 1.29 is 20.1 Å². The molecule has 0 amide bonds. The van der Waals surface area contributed by atoms with Gasteiger partial charge in [-0.15, -0.1) is 0 Å². The third-order valence-corrected chi connectivity index (χ3v) is 9.18. The van der Waals surface area contributed by atoms with Gasteiger partial charge in [-0.1, -0.05) is 6.07 Å². The molecule has 45 heavy (non-hydrogen) atoms. The van der Waals surface area contributed by atoms with Crippen molar-refractivity contribution in [2.75, 3.05) is 40.3 Å². The number of pyridine rings is 1. The topological polar surface area (TPSA) is 202 Å². The fraction of sp³-hybridized carbons (Fsp3) is 0.290. The van der Waals surface area contributed by atoms with Crippen molar-refractivity contribution in [2.24, 2.45) is 5.10 Å². The number of ether oxygens (including phenoxy) is 1. The second kappa shape index (κ2) is 9.84. The number of phenolic OH excluding ortho intramolecular Hbond substituents is 1. The maximum Gasteiger partial charge on any atom is 0.260 e. The molecule has 2 heterocycles. The Labute approximate surface area is 251 Å². The lowest BCUT2D eigenvalue weighted by Gasteiger charge is -2.31. The van der Waals surface area contributed by atoms with Gasteiger partial charge in [0, 0.05) is 37.8 Å². The van der Waals surface area contributed by atoms with Crippen LogP contribution in [0.4, 0.5) is 0 Å². The van der Waals surface area contributed by atoms with Crippen LogP contribution in [0.2, 0.25) is 0 Å². The summed E-state index contributed by atoms with van der Waals surface area (Å²) in [5.41, 5.74) is -3.11. The van der Waals surface area contributed by atoms with E-state index < -0.39 is 76.6 Å². The van der Waals surface area contributed by atoms with E-state index in [1.165, 1.54) is 6.21 Å². The first-order valence-electron chi connectivity index (χ1n) is 14.2. The lowest BCUT2D eigenvalue weighted by Crippen LogP contribution is -2.51. The molecule has 1 spiro atoms. The van der Waals surface area contributed by atoms with Gasteiger partial charge >= 0.3 is 0 Å². The highest BCUT2D eigenvalue weighted by molar-refractivity contribution is 5.96. The Morgan fingerprint density at radius 3 is 2.24 bits per heavy atom. The maximum absolute atomic E-state index is 13.6. The minimum atomic E-state index is -1.96. The normalized spacial score (nSPS) is 20.1. The van der Waals surface area contributed by atoms with Crippen LogP contribution >= 0.6 is 0 Å². The minimum Gasteiger partial charge on any atom is -0.510 e. The van der Waals surface area contributed by atoms with Crippen molar-refractivity contribution in [1.82, 2.24) is 20.4 Å². The lowest BCUT2D eigenvalue weighted by atomic mass is 9.78. The first-order valence-corrected chi connectivity index (χ1v) is 14.2. The lowest BCUT2D eigenvalue weighted by molar-refractivity contribution is 0.107. The molecule has 1 saturated heterocycles. The van der Waals surface area contributed by atoms with Gasteiger partial charge in [-0.05, 0) is 36.9 Å². The number of aliphatic hydroxyl groups excluding tert-OH is 2. The standard InChI is InChI=1S/C31H27N5O9/c1-35-5-7-36(8-6-35)34-32-12-15-10-14-9-13-3-4-31(23(13)27(41)18(14)30(44)33-15)28(42)21-22(29(31)43)26(40)20-19(25(21)39)16(37)11-17(45-2)24(20)38/h9-12,34,41-43H,3-8H2,1-2H3,(H,33,44). The number of aromatic amines is 1. The van der Waals surface area contributed by atoms with Gasteiger partial charge in [0.25, 0.3) is 5.56 Å². The molecule has 1 unspecified atom stereocenters. The Hall–Kier alpha value is -5.34. The summed E-state index contributed by atoms with van der Waals surface area (Å²) in [7, 11) is 3.16. The zero-order valence-electron chi connectivity index (χ0n) is 24.2.